The summed E-state index contributed by atoms with van der Waals surface area (Å²) in [6.07, 6.45) is 1.90. The molecule has 3 rings (SSSR count). The molecular weight excluding hydrogens is 447 g/mol. The Hall–Kier alpha value is -1.35. The van der Waals surface area contributed by atoms with E-state index < -0.39 is 44.1 Å². The fourth-order valence-corrected chi connectivity index (χ4v) is 5.07. The third-order valence-corrected chi connectivity index (χ3v) is 6.85. The van der Waals surface area contributed by atoms with Crippen LogP contribution in [0, 0.1) is 0 Å². The zero-order chi connectivity index (χ0) is 23.9. The molecule has 8 nitrogen and oxygen atoms in total. The second kappa shape index (κ2) is 11.9. The highest BCUT2D eigenvalue weighted by Crippen LogP contribution is 2.45. The van der Waals surface area contributed by atoms with Gasteiger partial charge in [0.1, 0.15) is 18.3 Å². The molecule has 0 radical (unpaired) electrons. The van der Waals surface area contributed by atoms with Gasteiger partial charge in [-0.25, -0.2) is 0 Å². The van der Waals surface area contributed by atoms with Crippen LogP contribution in [-0.4, -0.2) is 60.8 Å². The monoisotopic (exact) mass is 482 g/mol. The van der Waals surface area contributed by atoms with Crippen molar-refractivity contribution in [3.8, 4) is 0 Å². The smallest absolute Gasteiger partial charge is 0.328 e. The van der Waals surface area contributed by atoms with Crippen LogP contribution in [0.2, 0.25) is 0 Å². The fourth-order valence-electron chi connectivity index (χ4n) is 4.01. The molecule has 0 spiro atoms. The molecular formula is C24H35O8P. The highest BCUT2D eigenvalue weighted by atomic mass is 31.2. The first kappa shape index (κ1) is 26.3. The molecule has 0 bridgehead atoms. The van der Waals surface area contributed by atoms with Crippen molar-refractivity contribution in [2.75, 3.05) is 19.4 Å². The fraction of sp³-hybridized carbons (Fsp3) is 0.583. The van der Waals surface area contributed by atoms with Crippen LogP contribution >= 0.6 is 7.60 Å². The van der Waals surface area contributed by atoms with Crippen LogP contribution in [0.5, 0.6) is 0 Å². The van der Waals surface area contributed by atoms with Crippen molar-refractivity contribution in [3.63, 3.8) is 0 Å². The molecule has 1 unspecified atom stereocenters. The molecule has 0 amide bonds. The second-order valence-corrected chi connectivity index (χ2v) is 10.6. The number of hydrogen-bond acceptors (Lipinski definition) is 7. The van der Waals surface area contributed by atoms with Crippen molar-refractivity contribution < 1.29 is 37.7 Å². The Balaban J connectivity index is 1.59. The van der Waals surface area contributed by atoms with Gasteiger partial charge >= 0.3 is 7.60 Å². The van der Waals surface area contributed by atoms with Gasteiger partial charge in [-0.1, -0.05) is 42.5 Å². The molecule has 9 heteroatoms. The van der Waals surface area contributed by atoms with Crippen molar-refractivity contribution in [2.45, 2.75) is 69.8 Å². The summed E-state index contributed by atoms with van der Waals surface area (Å²) < 4.78 is 47.8. The van der Waals surface area contributed by atoms with Crippen molar-refractivity contribution in [2.24, 2.45) is 0 Å². The van der Waals surface area contributed by atoms with Crippen LogP contribution < -0.4 is 0 Å². The molecule has 2 fully saturated rings. The summed E-state index contributed by atoms with van der Waals surface area (Å²) in [4.78, 5) is 10.3. The number of hydrogen-bond donors (Lipinski definition) is 1. The van der Waals surface area contributed by atoms with Gasteiger partial charge in [-0.15, -0.1) is 13.2 Å². The lowest BCUT2D eigenvalue weighted by molar-refractivity contribution is -0.231. The van der Waals surface area contributed by atoms with Gasteiger partial charge in [-0.05, 0) is 32.3 Å². The number of fused-ring (bicyclic) bond motifs is 1. The van der Waals surface area contributed by atoms with Gasteiger partial charge in [0, 0.05) is 0 Å². The summed E-state index contributed by atoms with van der Waals surface area (Å²) >= 11 is 0. The zero-order valence-corrected chi connectivity index (χ0v) is 20.2. The first-order chi connectivity index (χ1) is 15.7. The lowest BCUT2D eigenvalue weighted by Crippen LogP contribution is -2.44. The number of benzene rings is 1. The minimum atomic E-state index is -3.75. The third kappa shape index (κ3) is 7.57. The van der Waals surface area contributed by atoms with Crippen LogP contribution in [0.3, 0.4) is 0 Å². The lowest BCUT2D eigenvalue weighted by atomic mass is 10.0. The number of rotatable bonds is 14. The minimum absolute atomic E-state index is 0.00553. The van der Waals surface area contributed by atoms with E-state index >= 15 is 0 Å². The Kier molecular flexibility index (Phi) is 9.44. The second-order valence-electron chi connectivity index (χ2n) is 8.58. The largest absolute Gasteiger partial charge is 0.371 e. The summed E-state index contributed by atoms with van der Waals surface area (Å²) in [7, 11) is -3.75. The van der Waals surface area contributed by atoms with E-state index in [1.807, 2.05) is 44.2 Å². The maximum atomic E-state index is 12.5. The van der Waals surface area contributed by atoms with Gasteiger partial charge in [0.2, 0.25) is 0 Å². The quantitative estimate of drug-likeness (QED) is 0.312. The molecule has 2 aliphatic heterocycles. The lowest BCUT2D eigenvalue weighted by Gasteiger charge is -2.31. The molecule has 1 aromatic rings. The Morgan fingerprint density at radius 2 is 1.91 bits per heavy atom. The van der Waals surface area contributed by atoms with Crippen LogP contribution in [0.25, 0.3) is 0 Å². The van der Waals surface area contributed by atoms with E-state index in [0.29, 0.717) is 26.1 Å². The highest BCUT2D eigenvalue weighted by Gasteiger charge is 2.57. The van der Waals surface area contributed by atoms with Crippen molar-refractivity contribution in [1.29, 1.82) is 0 Å². The molecule has 1 aromatic carbocycles. The van der Waals surface area contributed by atoms with Gasteiger partial charge in [-0.3, -0.25) is 4.57 Å². The molecule has 6 atom stereocenters. The van der Waals surface area contributed by atoms with E-state index in [2.05, 4.69) is 13.2 Å². The van der Waals surface area contributed by atoms with Crippen LogP contribution in [-0.2, 0) is 39.4 Å². The van der Waals surface area contributed by atoms with Gasteiger partial charge in [0.15, 0.2) is 12.1 Å². The maximum Gasteiger partial charge on any atom is 0.328 e. The van der Waals surface area contributed by atoms with Crippen molar-refractivity contribution in [3.05, 3.63) is 61.2 Å². The first-order valence-corrected chi connectivity index (χ1v) is 13.0. The third-order valence-electron chi connectivity index (χ3n) is 5.43. The Labute approximate surface area is 196 Å². The Morgan fingerprint density at radius 3 is 2.61 bits per heavy atom. The van der Waals surface area contributed by atoms with Gasteiger partial charge < -0.3 is 33.1 Å². The topological polar surface area (TPSA) is 92.7 Å². The minimum Gasteiger partial charge on any atom is -0.371 e. The number of ether oxygens (including phenoxy) is 5. The van der Waals surface area contributed by atoms with E-state index in [-0.39, 0.29) is 12.8 Å². The van der Waals surface area contributed by atoms with Crippen LogP contribution in [0.1, 0.15) is 32.3 Å². The molecule has 2 aliphatic rings. The SMILES string of the molecule is C=CCO[C@@H]1[C@H]2OC(C)(C)O[C@H]2O[C@@H]1[C@@H](CCCP(=O)(O)OCc1ccccc1)OCC=C. The molecule has 0 aromatic heterocycles. The molecule has 2 heterocycles. The van der Waals surface area contributed by atoms with Gasteiger partial charge in [-0.2, -0.15) is 0 Å². The average Bonchev–Trinajstić information content (AvgIpc) is 3.25. The van der Waals surface area contributed by atoms with Gasteiger partial charge in [0.25, 0.3) is 0 Å². The molecule has 2 saturated heterocycles. The molecule has 0 aliphatic carbocycles. The van der Waals surface area contributed by atoms with E-state index in [9.17, 15) is 9.46 Å². The van der Waals surface area contributed by atoms with E-state index in [0.717, 1.165) is 5.56 Å². The predicted molar refractivity (Wildman–Crippen MR) is 124 cm³/mol. The molecule has 33 heavy (non-hydrogen) atoms. The molecule has 184 valence electrons. The Bertz CT molecular complexity index is 814. The molecule has 1 N–H and O–H groups in total. The first-order valence-electron chi connectivity index (χ1n) is 11.2. The summed E-state index contributed by atoms with van der Waals surface area (Å²) in [5, 5.41) is 0. The summed E-state index contributed by atoms with van der Waals surface area (Å²) in [5.74, 6) is -0.771. The summed E-state index contributed by atoms with van der Waals surface area (Å²) in [6.45, 7) is 11.8. The van der Waals surface area contributed by atoms with Crippen molar-refractivity contribution in [1.82, 2.24) is 0 Å². The van der Waals surface area contributed by atoms with Crippen LogP contribution in [0.15, 0.2) is 55.6 Å². The highest BCUT2D eigenvalue weighted by molar-refractivity contribution is 7.52. The Morgan fingerprint density at radius 1 is 1.18 bits per heavy atom. The summed E-state index contributed by atoms with van der Waals surface area (Å²) in [5.41, 5.74) is 0.843. The average molecular weight is 483 g/mol. The van der Waals surface area contributed by atoms with Crippen LogP contribution in [0.4, 0.5) is 0 Å². The maximum absolute atomic E-state index is 12.5. The van der Waals surface area contributed by atoms with E-state index in [1.54, 1.807) is 12.2 Å². The predicted octanol–water partition coefficient (Wildman–Crippen LogP) is 4.19. The van der Waals surface area contributed by atoms with Crippen molar-refractivity contribution >= 4 is 7.60 Å². The molecule has 0 saturated carbocycles. The van der Waals surface area contributed by atoms with E-state index in [4.69, 9.17) is 28.2 Å². The van der Waals surface area contributed by atoms with Gasteiger partial charge in [0.05, 0.1) is 32.1 Å². The zero-order valence-electron chi connectivity index (χ0n) is 19.3. The summed E-state index contributed by atoms with van der Waals surface area (Å²) in [6, 6.07) is 9.30. The normalized spacial score (nSPS) is 28.7. The van der Waals surface area contributed by atoms with E-state index in [1.165, 1.54) is 0 Å². The standard InChI is InChI=1S/C24H35O8P/c1-5-14-27-19(13-10-16-33(25,26)29-17-18-11-8-7-9-12-18)20-21(28-15-6-2)22-23(30-20)32-24(3,4)31-22/h5-9,11-12,19-23H,1-2,10,13-17H2,3-4H3,(H,25,26)/t19-,20-,21+,22-,23-/m1/s1.